The van der Waals surface area contributed by atoms with E-state index in [0.29, 0.717) is 5.78 Å². The molecular weight excluding hydrogens is 256 g/mol. The number of hydrogen-bond donors (Lipinski definition) is 0. The van der Waals surface area contributed by atoms with E-state index in [1.165, 1.54) is 25.7 Å². The average Bonchev–Trinajstić information content (AvgIpc) is 3.31. The number of thiazole rings is 1. The van der Waals surface area contributed by atoms with Crippen LogP contribution in [0.5, 0.6) is 0 Å². The summed E-state index contributed by atoms with van der Waals surface area (Å²) in [6.07, 6.45) is 8.23. The number of anilines is 1. The monoisotopic (exact) mass is 276 g/mol. The number of ketones is 1. The molecule has 0 aliphatic heterocycles. The Morgan fingerprint density at radius 3 is 2.37 bits per heavy atom. The summed E-state index contributed by atoms with van der Waals surface area (Å²) < 4.78 is 0. The second-order valence-electron chi connectivity index (χ2n) is 6.34. The highest BCUT2D eigenvalue weighted by Crippen LogP contribution is 2.38. The van der Waals surface area contributed by atoms with Gasteiger partial charge in [-0.3, -0.25) is 4.79 Å². The Morgan fingerprint density at radius 1 is 1.11 bits per heavy atom. The van der Waals surface area contributed by atoms with Gasteiger partial charge in [-0.25, -0.2) is 4.98 Å². The summed E-state index contributed by atoms with van der Waals surface area (Å²) in [7, 11) is 0. The van der Waals surface area contributed by atoms with Crippen LogP contribution in [-0.2, 0) is 6.42 Å². The van der Waals surface area contributed by atoms with Crippen molar-refractivity contribution < 1.29 is 4.79 Å². The van der Waals surface area contributed by atoms with Crippen LogP contribution >= 0.6 is 11.3 Å². The predicted octanol–water partition coefficient (Wildman–Crippen LogP) is 3.29. The maximum atomic E-state index is 11.9. The highest BCUT2D eigenvalue weighted by molar-refractivity contribution is 7.17. The first-order valence-corrected chi connectivity index (χ1v) is 8.39. The van der Waals surface area contributed by atoms with Gasteiger partial charge in [0.05, 0.1) is 10.6 Å². The van der Waals surface area contributed by atoms with E-state index >= 15 is 0 Å². The van der Waals surface area contributed by atoms with Crippen LogP contribution in [0.25, 0.3) is 0 Å². The van der Waals surface area contributed by atoms with Gasteiger partial charge in [0, 0.05) is 19.5 Å². The summed E-state index contributed by atoms with van der Waals surface area (Å²) in [4.78, 5) is 20.2. The maximum Gasteiger partial charge on any atom is 0.186 e. The maximum absolute atomic E-state index is 11.9. The summed E-state index contributed by atoms with van der Waals surface area (Å²) in [5, 5.41) is 1.12. The van der Waals surface area contributed by atoms with E-state index < -0.39 is 0 Å². The fourth-order valence-corrected chi connectivity index (χ4v) is 3.94. The lowest BCUT2D eigenvalue weighted by molar-refractivity contribution is 0.0976. The lowest BCUT2D eigenvalue weighted by Crippen LogP contribution is -2.27. The molecule has 1 heterocycles. The number of nitrogens with zero attached hydrogens (tertiary/aromatic N) is 2. The Labute approximate surface area is 118 Å². The van der Waals surface area contributed by atoms with Crippen molar-refractivity contribution in [3.63, 3.8) is 0 Å². The molecule has 0 N–H and O–H groups in total. The molecule has 2 fully saturated rings. The largest absolute Gasteiger partial charge is 0.348 e. The van der Waals surface area contributed by atoms with Crippen LogP contribution in [0.2, 0.25) is 0 Å². The molecule has 0 atom stereocenters. The van der Waals surface area contributed by atoms with Crippen molar-refractivity contribution in [1.29, 1.82) is 0 Å². The molecular formula is C15H20N2OS. The molecule has 102 valence electrons. The molecule has 0 saturated heterocycles. The number of rotatable bonds is 5. The van der Waals surface area contributed by atoms with Crippen molar-refractivity contribution in [2.75, 3.05) is 18.0 Å². The fraction of sp³-hybridized carbons (Fsp3) is 0.733. The van der Waals surface area contributed by atoms with E-state index in [4.69, 9.17) is 4.98 Å². The predicted molar refractivity (Wildman–Crippen MR) is 77.0 cm³/mol. The van der Waals surface area contributed by atoms with Crippen LogP contribution < -0.4 is 4.90 Å². The SMILES string of the molecule is O=C1CCCc2nc(N(CC3CC3)CC3CC3)sc21. The van der Waals surface area contributed by atoms with Crippen LogP contribution in [0.4, 0.5) is 5.13 Å². The number of hydrogen-bond acceptors (Lipinski definition) is 4. The minimum atomic E-state index is 0.322. The van der Waals surface area contributed by atoms with E-state index in [1.54, 1.807) is 11.3 Å². The minimum Gasteiger partial charge on any atom is -0.348 e. The summed E-state index contributed by atoms with van der Waals surface area (Å²) in [6.45, 7) is 2.33. The highest BCUT2D eigenvalue weighted by Gasteiger charge is 2.32. The Hall–Kier alpha value is -0.900. The van der Waals surface area contributed by atoms with E-state index in [-0.39, 0.29) is 0 Å². The summed E-state index contributed by atoms with van der Waals surface area (Å²) in [5.41, 5.74) is 1.08. The molecule has 3 nitrogen and oxygen atoms in total. The highest BCUT2D eigenvalue weighted by atomic mass is 32.1. The Kier molecular flexibility index (Phi) is 2.87. The molecule has 1 aromatic heterocycles. The van der Waals surface area contributed by atoms with Gasteiger partial charge < -0.3 is 4.90 Å². The third-order valence-electron chi connectivity index (χ3n) is 4.38. The smallest absolute Gasteiger partial charge is 0.186 e. The molecule has 0 bridgehead atoms. The second kappa shape index (κ2) is 4.58. The van der Waals surface area contributed by atoms with Crippen molar-refractivity contribution in [3.8, 4) is 0 Å². The molecule has 0 unspecified atom stereocenters. The van der Waals surface area contributed by atoms with Crippen LogP contribution in [-0.4, -0.2) is 23.9 Å². The molecule has 3 aliphatic rings. The summed E-state index contributed by atoms with van der Waals surface area (Å²) >= 11 is 1.66. The molecule has 0 spiro atoms. The van der Waals surface area contributed by atoms with E-state index in [0.717, 1.165) is 59.9 Å². The number of aromatic nitrogens is 1. The fourth-order valence-electron chi connectivity index (χ4n) is 2.85. The first-order chi connectivity index (χ1) is 9.29. The lowest BCUT2D eigenvalue weighted by Gasteiger charge is -2.21. The number of fused-ring (bicyclic) bond motifs is 1. The van der Waals surface area contributed by atoms with Gasteiger partial charge >= 0.3 is 0 Å². The first-order valence-electron chi connectivity index (χ1n) is 7.57. The van der Waals surface area contributed by atoms with Crippen molar-refractivity contribution in [2.45, 2.75) is 44.9 Å². The quantitative estimate of drug-likeness (QED) is 0.827. The van der Waals surface area contributed by atoms with Crippen molar-refractivity contribution in [3.05, 3.63) is 10.6 Å². The molecule has 19 heavy (non-hydrogen) atoms. The Balaban J connectivity index is 1.58. The minimum absolute atomic E-state index is 0.322. The Bertz CT molecular complexity index is 488. The third-order valence-corrected chi connectivity index (χ3v) is 5.58. The van der Waals surface area contributed by atoms with E-state index in [2.05, 4.69) is 4.90 Å². The normalized spacial score (nSPS) is 22.4. The van der Waals surface area contributed by atoms with Gasteiger partial charge in [-0.05, 0) is 50.4 Å². The van der Waals surface area contributed by atoms with Crippen molar-refractivity contribution in [2.24, 2.45) is 11.8 Å². The molecule has 4 heteroatoms. The molecule has 4 rings (SSSR count). The van der Waals surface area contributed by atoms with Crippen LogP contribution in [0.15, 0.2) is 0 Å². The van der Waals surface area contributed by atoms with Crippen molar-refractivity contribution >= 4 is 22.3 Å². The van der Waals surface area contributed by atoms with Crippen LogP contribution in [0, 0.1) is 11.8 Å². The number of carbonyl (C=O) groups excluding carboxylic acids is 1. The van der Waals surface area contributed by atoms with Gasteiger partial charge in [0.1, 0.15) is 0 Å². The zero-order chi connectivity index (χ0) is 12.8. The van der Waals surface area contributed by atoms with Crippen LogP contribution in [0.1, 0.15) is 53.9 Å². The van der Waals surface area contributed by atoms with Gasteiger partial charge in [0.15, 0.2) is 10.9 Å². The van der Waals surface area contributed by atoms with Gasteiger partial charge in [-0.1, -0.05) is 11.3 Å². The molecule has 3 aliphatic carbocycles. The summed E-state index contributed by atoms with van der Waals surface area (Å²) in [5.74, 6) is 2.09. The topological polar surface area (TPSA) is 33.2 Å². The van der Waals surface area contributed by atoms with Gasteiger partial charge in [-0.2, -0.15) is 0 Å². The third kappa shape index (κ3) is 2.55. The zero-order valence-corrected chi connectivity index (χ0v) is 12.0. The molecule has 0 aromatic carbocycles. The number of aryl methyl sites for hydroxylation is 1. The van der Waals surface area contributed by atoms with Gasteiger partial charge in [0.2, 0.25) is 0 Å². The van der Waals surface area contributed by atoms with Gasteiger partial charge in [0.25, 0.3) is 0 Å². The van der Waals surface area contributed by atoms with E-state index in [1.807, 2.05) is 0 Å². The number of Topliss-reactive ketones (excluding diaryl/α,β-unsaturated/α-hetero) is 1. The van der Waals surface area contributed by atoms with Crippen molar-refractivity contribution in [1.82, 2.24) is 4.98 Å². The van der Waals surface area contributed by atoms with Gasteiger partial charge in [-0.15, -0.1) is 0 Å². The summed E-state index contributed by atoms with van der Waals surface area (Å²) in [6, 6.07) is 0. The molecule has 0 amide bonds. The standard InChI is InChI=1S/C15H20N2OS/c18-13-3-1-2-12-14(13)19-15(16-12)17(8-10-4-5-10)9-11-6-7-11/h10-11H,1-9H2. The first kappa shape index (κ1) is 11.9. The molecule has 1 aromatic rings. The molecule has 2 saturated carbocycles. The average molecular weight is 276 g/mol. The van der Waals surface area contributed by atoms with E-state index in [9.17, 15) is 4.79 Å². The lowest BCUT2D eigenvalue weighted by atomic mass is 10.0. The second-order valence-corrected chi connectivity index (χ2v) is 7.32. The Morgan fingerprint density at radius 2 is 1.79 bits per heavy atom. The van der Waals surface area contributed by atoms with Crippen LogP contribution in [0.3, 0.4) is 0 Å². The number of carbonyl (C=O) groups is 1. The molecule has 0 radical (unpaired) electrons. The zero-order valence-electron chi connectivity index (χ0n) is 11.2.